The first-order valence-electron chi connectivity index (χ1n) is 6.51. The van der Waals surface area contributed by atoms with Crippen molar-refractivity contribution in [3.8, 4) is 0 Å². The van der Waals surface area contributed by atoms with E-state index in [1.807, 2.05) is 0 Å². The van der Waals surface area contributed by atoms with Gasteiger partial charge in [-0.1, -0.05) is 64.7 Å². The van der Waals surface area contributed by atoms with Crippen LogP contribution in [0.1, 0.15) is 72.6 Å². The summed E-state index contributed by atoms with van der Waals surface area (Å²) in [4.78, 5) is 0. The van der Waals surface area contributed by atoms with Gasteiger partial charge >= 0.3 is 29.6 Å². The maximum atomic E-state index is 10.4. The van der Waals surface area contributed by atoms with Gasteiger partial charge in [0, 0.05) is 17.1 Å². The van der Waals surface area contributed by atoms with Gasteiger partial charge in [0.1, 0.15) is 0 Å². The molecule has 0 bridgehead atoms. The molecule has 0 heterocycles. The minimum atomic E-state index is -3.73. The molecule has 1 N–H and O–H groups in total. The number of hydrogen-bond donors (Lipinski definition) is 1. The van der Waals surface area contributed by atoms with Crippen molar-refractivity contribution in [1.29, 1.82) is 0 Å². The summed E-state index contributed by atoms with van der Waals surface area (Å²) < 4.78 is 29.4. The largest absolute Gasteiger partial charge is 1.00 e. The molecule has 0 saturated carbocycles. The molecule has 18 heavy (non-hydrogen) atoms. The van der Waals surface area contributed by atoms with Gasteiger partial charge in [-0.15, -0.1) is 0 Å². The molecule has 0 aliphatic carbocycles. The van der Waals surface area contributed by atoms with Gasteiger partial charge in [0.15, 0.2) is 0 Å². The summed E-state index contributed by atoms with van der Waals surface area (Å²) in [6.45, 7) is 2.22. The van der Waals surface area contributed by atoms with Crippen LogP contribution in [0.15, 0.2) is 0 Å². The molecule has 0 rings (SSSR count). The Hall–Kier alpha value is 1.43. The normalized spacial score (nSPS) is 10.6. The fraction of sp³-hybridized carbons (Fsp3) is 1.00. The van der Waals surface area contributed by atoms with Crippen molar-refractivity contribution >= 4 is 10.1 Å². The molecular formula is C12H27MnNaO3S. The van der Waals surface area contributed by atoms with Crippen molar-refractivity contribution in [3.05, 3.63) is 0 Å². The van der Waals surface area contributed by atoms with Crippen LogP contribution in [0.5, 0.6) is 0 Å². The molecule has 6 heteroatoms. The SMILES string of the molecule is CCCCCCCCCCCCS(=O)(=O)O.[H-].[Mn].[Na+]. The van der Waals surface area contributed by atoms with E-state index in [-0.39, 0.29) is 53.8 Å². The third-order valence-electron chi connectivity index (χ3n) is 2.76. The second-order valence-electron chi connectivity index (χ2n) is 4.47. The van der Waals surface area contributed by atoms with Crippen molar-refractivity contribution in [1.82, 2.24) is 0 Å². The summed E-state index contributed by atoms with van der Waals surface area (Å²) in [5.41, 5.74) is 0. The Morgan fingerprint density at radius 3 is 1.50 bits per heavy atom. The molecule has 0 aliphatic heterocycles. The Balaban J connectivity index is -0.000000375. The molecule has 0 fully saturated rings. The van der Waals surface area contributed by atoms with Gasteiger partial charge in [-0.05, 0) is 6.42 Å². The smallest absolute Gasteiger partial charge is 1.00 e. The molecule has 0 aromatic heterocycles. The van der Waals surface area contributed by atoms with Gasteiger partial charge in [0.05, 0.1) is 5.75 Å². The summed E-state index contributed by atoms with van der Waals surface area (Å²) in [6, 6.07) is 0. The number of rotatable bonds is 11. The molecule has 3 nitrogen and oxygen atoms in total. The van der Waals surface area contributed by atoms with E-state index in [2.05, 4.69) is 6.92 Å². The maximum Gasteiger partial charge on any atom is 1.00 e. The molecule has 0 saturated heterocycles. The monoisotopic (exact) mass is 329 g/mol. The molecular weight excluding hydrogens is 302 g/mol. The molecule has 107 valence electrons. The van der Waals surface area contributed by atoms with Crippen LogP contribution in [0.2, 0.25) is 0 Å². The van der Waals surface area contributed by atoms with E-state index < -0.39 is 10.1 Å². The third kappa shape index (κ3) is 22.6. The zero-order chi connectivity index (χ0) is 12.3. The van der Waals surface area contributed by atoms with E-state index in [0.29, 0.717) is 6.42 Å². The van der Waals surface area contributed by atoms with Crippen LogP contribution >= 0.6 is 0 Å². The summed E-state index contributed by atoms with van der Waals surface area (Å²) in [5, 5.41) is 0. The van der Waals surface area contributed by atoms with Crippen molar-refractivity contribution in [2.75, 3.05) is 5.75 Å². The minimum Gasteiger partial charge on any atom is -1.00 e. The van der Waals surface area contributed by atoms with E-state index in [1.54, 1.807) is 0 Å². The van der Waals surface area contributed by atoms with Gasteiger partial charge in [-0.25, -0.2) is 0 Å². The van der Waals surface area contributed by atoms with Crippen LogP contribution < -0.4 is 29.6 Å². The van der Waals surface area contributed by atoms with Gasteiger partial charge in [0.2, 0.25) is 0 Å². The second kappa shape index (κ2) is 16.5. The minimum absolute atomic E-state index is 0. The third-order valence-corrected chi connectivity index (χ3v) is 3.56. The van der Waals surface area contributed by atoms with Crippen LogP contribution in [0.25, 0.3) is 0 Å². The fourth-order valence-electron chi connectivity index (χ4n) is 1.77. The molecule has 0 aliphatic rings. The number of hydrogen-bond acceptors (Lipinski definition) is 2. The van der Waals surface area contributed by atoms with E-state index in [0.717, 1.165) is 12.8 Å². The molecule has 0 atom stereocenters. The number of unbranched alkanes of at least 4 members (excludes halogenated alkanes) is 9. The Labute approximate surface area is 147 Å². The topological polar surface area (TPSA) is 54.4 Å². The average molecular weight is 329 g/mol. The predicted octanol–water partition coefficient (Wildman–Crippen LogP) is 0.909. The van der Waals surface area contributed by atoms with E-state index in [9.17, 15) is 8.42 Å². The molecule has 0 spiro atoms. The Morgan fingerprint density at radius 2 is 1.17 bits per heavy atom. The molecule has 0 aromatic carbocycles. The second-order valence-corrected chi connectivity index (χ2v) is 6.04. The van der Waals surface area contributed by atoms with Crippen molar-refractivity contribution in [3.63, 3.8) is 0 Å². The molecule has 0 unspecified atom stereocenters. The average Bonchev–Trinajstić information content (AvgIpc) is 2.19. The maximum absolute atomic E-state index is 10.4. The Morgan fingerprint density at radius 1 is 0.833 bits per heavy atom. The van der Waals surface area contributed by atoms with E-state index >= 15 is 0 Å². The van der Waals surface area contributed by atoms with Gasteiger partial charge < -0.3 is 1.43 Å². The molecule has 0 aromatic rings. The first-order chi connectivity index (χ1) is 7.56. The first-order valence-corrected chi connectivity index (χ1v) is 8.12. The first kappa shape index (κ1) is 24.4. The fourth-order valence-corrected chi connectivity index (χ4v) is 2.34. The standard InChI is InChI=1S/C12H26O3S.Mn.Na.H/c1-2-3-4-5-6-7-8-9-10-11-12-16(13,14)15;;;/h2-12H2,1H3,(H,13,14,15);;;/q;;+1;-1. The van der Waals surface area contributed by atoms with Crippen molar-refractivity contribution in [2.24, 2.45) is 0 Å². The molecule has 1 radical (unpaired) electrons. The van der Waals surface area contributed by atoms with Crippen molar-refractivity contribution < 1.29 is 61.0 Å². The van der Waals surface area contributed by atoms with Crippen LogP contribution in [-0.4, -0.2) is 18.7 Å². The quantitative estimate of drug-likeness (QED) is 0.348. The zero-order valence-electron chi connectivity index (χ0n) is 12.8. The van der Waals surface area contributed by atoms with Gasteiger partial charge in [0.25, 0.3) is 10.1 Å². The summed E-state index contributed by atoms with van der Waals surface area (Å²) in [5.74, 6) is -0.0799. The Bertz CT molecular complexity index is 251. The van der Waals surface area contributed by atoms with Crippen LogP contribution in [0, 0.1) is 0 Å². The summed E-state index contributed by atoms with van der Waals surface area (Å²) in [6.07, 6.45) is 11.7. The molecule has 0 amide bonds. The van der Waals surface area contributed by atoms with Crippen molar-refractivity contribution in [2.45, 2.75) is 71.1 Å². The van der Waals surface area contributed by atoms with E-state index in [1.165, 1.54) is 44.9 Å². The summed E-state index contributed by atoms with van der Waals surface area (Å²) in [7, 11) is -3.73. The van der Waals surface area contributed by atoms with Crippen LogP contribution in [0.4, 0.5) is 0 Å². The van der Waals surface area contributed by atoms with Crippen LogP contribution in [-0.2, 0) is 27.2 Å². The zero-order valence-corrected chi connectivity index (χ0v) is 15.8. The summed E-state index contributed by atoms with van der Waals surface area (Å²) >= 11 is 0. The van der Waals surface area contributed by atoms with E-state index in [4.69, 9.17) is 4.55 Å². The van der Waals surface area contributed by atoms with Gasteiger partial charge in [-0.2, -0.15) is 8.42 Å². The predicted molar refractivity (Wildman–Crippen MR) is 69.4 cm³/mol. The van der Waals surface area contributed by atoms with Gasteiger partial charge in [-0.3, -0.25) is 4.55 Å². The Kier molecular flexibility index (Phi) is 22.4. The van der Waals surface area contributed by atoms with Crippen LogP contribution in [0.3, 0.4) is 0 Å².